The van der Waals surface area contributed by atoms with E-state index in [4.69, 9.17) is 5.14 Å². The Labute approximate surface area is 171 Å². The molecule has 29 heavy (non-hydrogen) atoms. The molecule has 0 fully saturated rings. The third-order valence-corrected chi connectivity index (χ3v) is 5.70. The third kappa shape index (κ3) is 5.38. The number of benzene rings is 2. The molecule has 0 radical (unpaired) electrons. The van der Waals surface area contributed by atoms with Crippen molar-refractivity contribution in [3.05, 3.63) is 65.2 Å². The molecule has 3 amide bonds. The van der Waals surface area contributed by atoms with Gasteiger partial charge in [-0.2, -0.15) is 0 Å². The first-order chi connectivity index (χ1) is 13.7. The summed E-state index contributed by atoms with van der Waals surface area (Å²) >= 11 is 1.02. The maximum absolute atomic E-state index is 12.5. The molecule has 0 aliphatic carbocycles. The summed E-state index contributed by atoms with van der Waals surface area (Å²) < 4.78 is 22.6. The number of hydrogen-bond acceptors (Lipinski definition) is 6. The van der Waals surface area contributed by atoms with Crippen molar-refractivity contribution in [1.29, 1.82) is 0 Å². The van der Waals surface area contributed by atoms with Gasteiger partial charge >= 0.3 is 6.03 Å². The van der Waals surface area contributed by atoms with Crippen LogP contribution >= 0.6 is 11.3 Å². The lowest BCUT2D eigenvalue weighted by Gasteiger charge is -2.05. The minimum atomic E-state index is -3.80. The zero-order valence-corrected chi connectivity index (χ0v) is 16.8. The number of hydrogen-bond donors (Lipinski definition) is 4. The fraction of sp³-hybridized carbons (Fsp3) is 0.0556. The molecule has 1 heterocycles. The first kappa shape index (κ1) is 20.5. The molecule has 0 saturated heterocycles. The second-order valence-corrected chi connectivity index (χ2v) is 8.46. The van der Waals surface area contributed by atoms with E-state index in [1.165, 1.54) is 24.3 Å². The van der Waals surface area contributed by atoms with Crippen molar-refractivity contribution in [2.24, 2.45) is 5.14 Å². The molecule has 150 valence electrons. The van der Waals surface area contributed by atoms with Crippen molar-refractivity contribution in [3.63, 3.8) is 0 Å². The van der Waals surface area contributed by atoms with E-state index in [1.807, 2.05) is 6.07 Å². The molecule has 0 aliphatic rings. The van der Waals surface area contributed by atoms with Crippen LogP contribution in [0, 0.1) is 6.92 Å². The number of nitrogens with one attached hydrogen (secondary N) is 3. The van der Waals surface area contributed by atoms with E-state index >= 15 is 0 Å². The number of urea groups is 1. The number of aromatic nitrogens is 1. The molecule has 3 rings (SSSR count). The molecule has 0 unspecified atom stereocenters. The number of carbonyl (C=O) groups excluding carboxylic acids is 2. The Hall–Kier alpha value is -3.28. The highest BCUT2D eigenvalue weighted by Gasteiger charge is 2.17. The van der Waals surface area contributed by atoms with Gasteiger partial charge in [-0.3, -0.25) is 10.1 Å². The van der Waals surface area contributed by atoms with Crippen LogP contribution in [0.3, 0.4) is 0 Å². The molecular formula is C18H17N5O4S2. The van der Waals surface area contributed by atoms with Gasteiger partial charge < -0.3 is 10.6 Å². The number of sulfonamides is 1. The number of amides is 3. The average Bonchev–Trinajstić information content (AvgIpc) is 3.02. The predicted molar refractivity (Wildman–Crippen MR) is 112 cm³/mol. The Morgan fingerprint density at radius 2 is 1.55 bits per heavy atom. The van der Waals surface area contributed by atoms with Crippen molar-refractivity contribution >= 4 is 49.8 Å². The largest absolute Gasteiger partial charge is 0.325 e. The van der Waals surface area contributed by atoms with E-state index in [1.54, 1.807) is 31.2 Å². The topological polar surface area (TPSA) is 143 Å². The fourth-order valence-corrected chi connectivity index (χ4v) is 3.73. The smallest absolute Gasteiger partial charge is 0.321 e. The van der Waals surface area contributed by atoms with Gasteiger partial charge in [0.15, 0.2) is 5.13 Å². The molecule has 3 aromatic rings. The Balaban J connectivity index is 1.66. The number of nitrogens with zero attached hydrogens (tertiary/aromatic N) is 1. The summed E-state index contributed by atoms with van der Waals surface area (Å²) in [6, 6.07) is 13.9. The van der Waals surface area contributed by atoms with E-state index in [0.717, 1.165) is 11.3 Å². The number of primary sulfonamides is 1. The highest BCUT2D eigenvalue weighted by molar-refractivity contribution is 7.89. The normalized spacial score (nSPS) is 11.0. The number of nitrogens with two attached hydrogens (primary N) is 1. The van der Waals surface area contributed by atoms with Gasteiger partial charge in [-0.15, -0.1) is 0 Å². The summed E-state index contributed by atoms with van der Waals surface area (Å²) in [7, 11) is -3.80. The number of para-hydroxylation sites is 1. The lowest BCUT2D eigenvalue weighted by molar-refractivity contribution is 0.102. The maximum Gasteiger partial charge on any atom is 0.325 e. The number of aryl methyl sites for hydroxylation is 1. The molecule has 0 saturated carbocycles. The Kier molecular flexibility index (Phi) is 5.92. The molecule has 0 spiro atoms. The molecule has 0 aliphatic heterocycles. The van der Waals surface area contributed by atoms with E-state index in [2.05, 4.69) is 20.9 Å². The highest BCUT2D eigenvalue weighted by atomic mass is 32.2. The SMILES string of the molecule is Cc1nc(NC(=O)Nc2ccccc2)sc1C(=O)Nc1ccc(S(N)(=O)=O)cc1. The monoisotopic (exact) mass is 431 g/mol. The number of anilines is 3. The number of carbonyl (C=O) groups is 2. The molecule has 9 nitrogen and oxygen atoms in total. The predicted octanol–water partition coefficient (Wildman–Crippen LogP) is 3.00. The van der Waals surface area contributed by atoms with Gasteiger partial charge in [-0.1, -0.05) is 29.5 Å². The zero-order chi connectivity index (χ0) is 21.0. The average molecular weight is 431 g/mol. The molecular weight excluding hydrogens is 414 g/mol. The van der Waals surface area contributed by atoms with Gasteiger partial charge in [0.1, 0.15) is 4.88 Å². The second-order valence-electron chi connectivity index (χ2n) is 5.90. The van der Waals surface area contributed by atoms with E-state index in [9.17, 15) is 18.0 Å². The van der Waals surface area contributed by atoms with Crippen LogP contribution in [0.25, 0.3) is 0 Å². The van der Waals surface area contributed by atoms with Gasteiger partial charge in [0.05, 0.1) is 10.6 Å². The van der Waals surface area contributed by atoms with E-state index in [-0.39, 0.29) is 10.0 Å². The highest BCUT2D eigenvalue weighted by Crippen LogP contribution is 2.24. The Morgan fingerprint density at radius 3 is 2.17 bits per heavy atom. The summed E-state index contributed by atoms with van der Waals surface area (Å²) in [5.74, 6) is -0.431. The molecule has 5 N–H and O–H groups in total. The van der Waals surface area contributed by atoms with Crippen LogP contribution in [-0.2, 0) is 10.0 Å². The third-order valence-electron chi connectivity index (χ3n) is 3.70. The number of rotatable bonds is 5. The van der Waals surface area contributed by atoms with Crippen molar-refractivity contribution in [1.82, 2.24) is 4.98 Å². The second kappa shape index (κ2) is 8.39. The fourth-order valence-electron chi connectivity index (χ4n) is 2.36. The summed E-state index contributed by atoms with van der Waals surface area (Å²) in [5, 5.41) is 13.2. The molecule has 1 aromatic heterocycles. The summed E-state index contributed by atoms with van der Waals surface area (Å²) in [6.45, 7) is 1.65. The first-order valence-corrected chi connectivity index (χ1v) is 10.6. The molecule has 0 bridgehead atoms. The van der Waals surface area contributed by atoms with Crippen LogP contribution in [0.4, 0.5) is 21.3 Å². The van der Waals surface area contributed by atoms with Crippen LogP contribution in [0.1, 0.15) is 15.4 Å². The molecule has 11 heteroatoms. The van der Waals surface area contributed by atoms with Gasteiger partial charge in [0.2, 0.25) is 10.0 Å². The van der Waals surface area contributed by atoms with Crippen LogP contribution in [0.5, 0.6) is 0 Å². The minimum Gasteiger partial charge on any atom is -0.321 e. The minimum absolute atomic E-state index is 0.0552. The standard InChI is InChI=1S/C18H17N5O4S2/c1-11-15(16(24)21-13-7-9-14(10-8-13)29(19,26)27)28-18(20-11)23-17(25)22-12-5-3-2-4-6-12/h2-10H,1H3,(H,21,24)(H2,19,26,27)(H2,20,22,23,25). The lowest BCUT2D eigenvalue weighted by Crippen LogP contribution is -2.19. The van der Waals surface area contributed by atoms with Gasteiger partial charge in [-0.05, 0) is 43.3 Å². The number of thiazole rings is 1. The van der Waals surface area contributed by atoms with Crippen molar-refractivity contribution in [3.8, 4) is 0 Å². The lowest BCUT2D eigenvalue weighted by atomic mass is 10.3. The van der Waals surface area contributed by atoms with E-state index in [0.29, 0.717) is 21.9 Å². The van der Waals surface area contributed by atoms with Gasteiger partial charge in [0.25, 0.3) is 5.91 Å². The van der Waals surface area contributed by atoms with Crippen LogP contribution < -0.4 is 21.1 Å². The van der Waals surface area contributed by atoms with Gasteiger partial charge in [-0.25, -0.2) is 23.3 Å². The van der Waals surface area contributed by atoms with Crippen LogP contribution in [0.2, 0.25) is 0 Å². The van der Waals surface area contributed by atoms with Crippen molar-refractivity contribution in [2.45, 2.75) is 11.8 Å². The zero-order valence-electron chi connectivity index (χ0n) is 15.2. The van der Waals surface area contributed by atoms with Gasteiger partial charge in [0, 0.05) is 11.4 Å². The van der Waals surface area contributed by atoms with Crippen molar-refractivity contribution in [2.75, 3.05) is 16.0 Å². The Morgan fingerprint density at radius 1 is 0.931 bits per heavy atom. The summed E-state index contributed by atoms with van der Waals surface area (Å²) in [5.41, 5.74) is 1.47. The summed E-state index contributed by atoms with van der Waals surface area (Å²) in [4.78, 5) is 29.0. The van der Waals surface area contributed by atoms with Crippen LogP contribution in [-0.4, -0.2) is 25.3 Å². The summed E-state index contributed by atoms with van der Waals surface area (Å²) in [6.07, 6.45) is 0. The molecule has 2 aromatic carbocycles. The van der Waals surface area contributed by atoms with E-state index < -0.39 is 22.0 Å². The van der Waals surface area contributed by atoms with Crippen molar-refractivity contribution < 1.29 is 18.0 Å². The Bertz CT molecular complexity index is 1140. The quantitative estimate of drug-likeness (QED) is 0.491. The molecule has 0 atom stereocenters. The van der Waals surface area contributed by atoms with Crippen LogP contribution in [0.15, 0.2) is 59.5 Å². The maximum atomic E-state index is 12.5. The first-order valence-electron chi connectivity index (χ1n) is 8.27.